The van der Waals surface area contributed by atoms with Gasteiger partial charge in [-0.05, 0) is 30.7 Å². The molecule has 8 heteroatoms. The highest BCUT2D eigenvalue weighted by atomic mass is 16.5. The van der Waals surface area contributed by atoms with Gasteiger partial charge in [-0.15, -0.1) is 0 Å². The number of hydrogen-bond acceptors (Lipinski definition) is 4. The van der Waals surface area contributed by atoms with Gasteiger partial charge >= 0.3 is 6.03 Å². The van der Waals surface area contributed by atoms with E-state index in [9.17, 15) is 9.59 Å². The number of aromatic nitrogens is 2. The Morgan fingerprint density at radius 1 is 1.43 bits per heavy atom. The van der Waals surface area contributed by atoms with Gasteiger partial charge in [0.25, 0.3) is 5.91 Å². The highest BCUT2D eigenvalue weighted by molar-refractivity contribution is 5.95. The molecule has 3 rings (SSSR count). The fourth-order valence-electron chi connectivity index (χ4n) is 2.26. The Balaban J connectivity index is 1.59. The lowest BCUT2D eigenvalue weighted by Crippen LogP contribution is -2.36. The van der Waals surface area contributed by atoms with Crippen molar-refractivity contribution >= 4 is 17.6 Å². The third-order valence-corrected chi connectivity index (χ3v) is 3.48. The fourth-order valence-corrected chi connectivity index (χ4v) is 2.26. The van der Waals surface area contributed by atoms with E-state index in [0.717, 1.165) is 11.3 Å². The van der Waals surface area contributed by atoms with Gasteiger partial charge in [-0.25, -0.2) is 4.79 Å². The number of ether oxygens (including phenoxy) is 1. The van der Waals surface area contributed by atoms with Gasteiger partial charge in [0.05, 0.1) is 24.0 Å². The quantitative estimate of drug-likeness (QED) is 0.682. The Morgan fingerprint density at radius 3 is 3.09 bits per heavy atom. The first-order valence-electron chi connectivity index (χ1n) is 7.21. The third-order valence-electron chi connectivity index (χ3n) is 3.48. The minimum absolute atomic E-state index is 0.0240. The second-order valence-corrected chi connectivity index (χ2v) is 5.22. The summed E-state index contributed by atoms with van der Waals surface area (Å²) in [5, 5.41) is 14.9. The molecule has 1 aliphatic heterocycles. The molecule has 0 saturated heterocycles. The van der Waals surface area contributed by atoms with Gasteiger partial charge < -0.3 is 20.7 Å². The summed E-state index contributed by atoms with van der Waals surface area (Å²) >= 11 is 0. The molecule has 4 N–H and O–H groups in total. The zero-order valence-electron chi connectivity index (χ0n) is 12.6. The third kappa shape index (κ3) is 3.60. The minimum Gasteiger partial charge on any atom is -0.482 e. The molecule has 23 heavy (non-hydrogen) atoms. The van der Waals surface area contributed by atoms with Gasteiger partial charge in [0.1, 0.15) is 5.75 Å². The van der Waals surface area contributed by atoms with Crippen LogP contribution in [0.2, 0.25) is 0 Å². The number of carbonyl (C=O) groups is 2. The molecular weight excluding hydrogens is 298 g/mol. The maximum atomic E-state index is 11.9. The number of nitrogens with zero attached hydrogens (tertiary/aromatic N) is 1. The van der Waals surface area contributed by atoms with E-state index in [-0.39, 0.29) is 24.6 Å². The van der Waals surface area contributed by atoms with Crippen molar-refractivity contribution in [2.75, 3.05) is 11.9 Å². The Morgan fingerprint density at radius 2 is 2.30 bits per heavy atom. The maximum absolute atomic E-state index is 11.9. The molecule has 1 atom stereocenters. The lowest BCUT2D eigenvalue weighted by atomic mass is 10.1. The number of urea groups is 1. The largest absolute Gasteiger partial charge is 0.482 e. The molecule has 0 spiro atoms. The van der Waals surface area contributed by atoms with E-state index in [1.54, 1.807) is 24.4 Å². The van der Waals surface area contributed by atoms with E-state index in [0.29, 0.717) is 18.0 Å². The highest BCUT2D eigenvalue weighted by Crippen LogP contribution is 2.30. The van der Waals surface area contributed by atoms with Crippen LogP contribution < -0.4 is 20.7 Å². The van der Waals surface area contributed by atoms with Crippen LogP contribution >= 0.6 is 0 Å². The molecule has 1 aromatic carbocycles. The zero-order valence-corrected chi connectivity index (χ0v) is 12.6. The van der Waals surface area contributed by atoms with E-state index >= 15 is 0 Å². The zero-order chi connectivity index (χ0) is 16.2. The van der Waals surface area contributed by atoms with Crippen molar-refractivity contribution in [3.63, 3.8) is 0 Å². The first-order valence-corrected chi connectivity index (χ1v) is 7.21. The predicted molar refractivity (Wildman–Crippen MR) is 82.9 cm³/mol. The number of anilines is 1. The van der Waals surface area contributed by atoms with Crippen molar-refractivity contribution in [2.24, 2.45) is 0 Å². The van der Waals surface area contributed by atoms with Crippen LogP contribution in [0, 0.1) is 0 Å². The topological polar surface area (TPSA) is 108 Å². The van der Waals surface area contributed by atoms with Crippen molar-refractivity contribution in [2.45, 2.75) is 19.5 Å². The molecule has 2 aromatic rings. The molecule has 0 bridgehead atoms. The van der Waals surface area contributed by atoms with Crippen LogP contribution in [-0.4, -0.2) is 28.7 Å². The number of aromatic amines is 1. The van der Waals surface area contributed by atoms with Crippen molar-refractivity contribution in [1.82, 2.24) is 20.8 Å². The Kier molecular flexibility index (Phi) is 4.13. The molecule has 1 unspecified atom stereocenters. The monoisotopic (exact) mass is 315 g/mol. The molecule has 0 fully saturated rings. The highest BCUT2D eigenvalue weighted by Gasteiger charge is 2.18. The van der Waals surface area contributed by atoms with Crippen molar-refractivity contribution < 1.29 is 14.3 Å². The van der Waals surface area contributed by atoms with Crippen LogP contribution in [0.3, 0.4) is 0 Å². The molecule has 2 heterocycles. The Hall–Kier alpha value is -3.03. The summed E-state index contributed by atoms with van der Waals surface area (Å²) in [5.74, 6) is 0.441. The fraction of sp³-hybridized carbons (Fsp3) is 0.267. The van der Waals surface area contributed by atoms with E-state index in [2.05, 4.69) is 26.1 Å². The van der Waals surface area contributed by atoms with Crippen molar-refractivity contribution in [1.29, 1.82) is 0 Å². The predicted octanol–water partition coefficient (Wildman–Crippen LogP) is 1.30. The lowest BCUT2D eigenvalue weighted by molar-refractivity contribution is -0.118. The van der Waals surface area contributed by atoms with E-state index in [1.165, 1.54) is 0 Å². The second kappa shape index (κ2) is 6.39. The molecule has 120 valence electrons. The van der Waals surface area contributed by atoms with E-state index in [1.807, 2.05) is 13.0 Å². The normalized spacial score (nSPS) is 14.2. The average Bonchev–Trinajstić information content (AvgIpc) is 3.05. The first kappa shape index (κ1) is 14.9. The molecule has 3 amide bonds. The number of H-pyrrole nitrogens is 1. The smallest absolute Gasteiger partial charge is 0.315 e. The minimum atomic E-state index is -0.287. The first-order chi connectivity index (χ1) is 11.1. The van der Waals surface area contributed by atoms with E-state index < -0.39 is 0 Å². The standard InChI is InChI=1S/C15H17N5O3/c1-9(18-15(22)16-7-11-4-5-17-20-11)10-2-3-13-12(6-10)19-14(21)8-23-13/h2-6,9H,7-8H2,1H3,(H,17,20)(H,19,21)(H2,16,18,22). The number of hydrogen-bond donors (Lipinski definition) is 4. The summed E-state index contributed by atoms with van der Waals surface area (Å²) < 4.78 is 5.31. The molecule has 0 aliphatic carbocycles. The molecule has 1 aliphatic rings. The van der Waals surface area contributed by atoms with Crippen LogP contribution in [0.15, 0.2) is 30.5 Å². The Bertz CT molecular complexity index is 714. The molecule has 0 radical (unpaired) electrons. The number of amides is 3. The van der Waals surface area contributed by atoms with Crippen molar-refractivity contribution in [3.05, 3.63) is 41.7 Å². The second-order valence-electron chi connectivity index (χ2n) is 5.22. The number of nitrogens with one attached hydrogen (secondary N) is 4. The summed E-state index contributed by atoms with van der Waals surface area (Å²) in [6.07, 6.45) is 1.63. The molecular formula is C15H17N5O3. The summed E-state index contributed by atoms with van der Waals surface area (Å²) in [5.41, 5.74) is 2.30. The van der Waals surface area contributed by atoms with Gasteiger partial charge in [-0.3, -0.25) is 9.89 Å². The average molecular weight is 315 g/mol. The van der Waals surface area contributed by atoms with Crippen LogP contribution in [0.1, 0.15) is 24.2 Å². The van der Waals surface area contributed by atoms with Gasteiger partial charge in [0.15, 0.2) is 6.61 Å². The lowest BCUT2D eigenvalue weighted by Gasteiger charge is -2.21. The van der Waals surface area contributed by atoms with Gasteiger partial charge in [0.2, 0.25) is 0 Å². The maximum Gasteiger partial charge on any atom is 0.315 e. The summed E-state index contributed by atoms with van der Waals surface area (Å²) in [6.45, 7) is 2.26. The summed E-state index contributed by atoms with van der Waals surface area (Å²) in [7, 11) is 0. The molecule has 1 aromatic heterocycles. The van der Waals surface area contributed by atoms with Crippen LogP contribution in [0.5, 0.6) is 5.75 Å². The van der Waals surface area contributed by atoms with E-state index in [4.69, 9.17) is 4.74 Å². The summed E-state index contributed by atoms with van der Waals surface area (Å²) in [4.78, 5) is 23.3. The van der Waals surface area contributed by atoms with Crippen LogP contribution in [-0.2, 0) is 11.3 Å². The molecule has 8 nitrogen and oxygen atoms in total. The van der Waals surface area contributed by atoms with Crippen LogP contribution in [0.4, 0.5) is 10.5 Å². The number of carbonyl (C=O) groups excluding carboxylic acids is 2. The SMILES string of the molecule is CC(NC(=O)NCc1ccn[nH]1)c1ccc2c(c1)NC(=O)CO2. The van der Waals surface area contributed by atoms with Crippen LogP contribution in [0.25, 0.3) is 0 Å². The van der Waals surface area contributed by atoms with Gasteiger partial charge in [-0.2, -0.15) is 5.10 Å². The number of benzene rings is 1. The number of fused-ring (bicyclic) bond motifs is 1. The molecule has 0 saturated carbocycles. The Labute approximate surface area is 132 Å². The van der Waals surface area contributed by atoms with Gasteiger partial charge in [0, 0.05) is 6.20 Å². The van der Waals surface area contributed by atoms with Gasteiger partial charge in [-0.1, -0.05) is 6.07 Å². The van der Waals surface area contributed by atoms with Crippen molar-refractivity contribution in [3.8, 4) is 5.75 Å². The number of rotatable bonds is 4. The summed E-state index contributed by atoms with van der Waals surface area (Å²) in [6, 6.07) is 6.72.